The van der Waals surface area contributed by atoms with Gasteiger partial charge in [0.05, 0.1) is 5.69 Å². The fraction of sp³-hybridized carbons (Fsp3) is 0.0769. The largest absolute Gasteiger partial charge is 0.269 e. The SMILES string of the molecule is O=c1cc(CSc2ccc(F)cc2)nc2sccn12. The number of hydrogen-bond donors (Lipinski definition) is 0. The van der Waals surface area contributed by atoms with Crippen LogP contribution in [-0.4, -0.2) is 9.38 Å². The van der Waals surface area contributed by atoms with E-state index in [1.54, 1.807) is 18.3 Å². The first-order valence-corrected chi connectivity index (χ1v) is 7.43. The van der Waals surface area contributed by atoms with Gasteiger partial charge in [-0.1, -0.05) is 0 Å². The number of nitrogens with zero attached hydrogens (tertiary/aromatic N) is 2. The normalized spacial score (nSPS) is 11.0. The average Bonchev–Trinajstić information content (AvgIpc) is 2.87. The first kappa shape index (κ1) is 12.4. The molecule has 0 saturated carbocycles. The summed E-state index contributed by atoms with van der Waals surface area (Å²) in [6.07, 6.45) is 1.71. The van der Waals surface area contributed by atoms with Gasteiger partial charge in [0.1, 0.15) is 5.82 Å². The van der Waals surface area contributed by atoms with Crippen molar-refractivity contribution in [3.8, 4) is 0 Å². The van der Waals surface area contributed by atoms with Gasteiger partial charge in [0, 0.05) is 28.3 Å². The molecule has 0 atom stereocenters. The maximum atomic E-state index is 12.8. The maximum absolute atomic E-state index is 12.8. The van der Waals surface area contributed by atoms with Crippen LogP contribution in [0.2, 0.25) is 0 Å². The van der Waals surface area contributed by atoms with Crippen LogP contribution in [0, 0.1) is 5.82 Å². The molecule has 3 aromatic rings. The van der Waals surface area contributed by atoms with Gasteiger partial charge in [-0.2, -0.15) is 0 Å². The van der Waals surface area contributed by atoms with Gasteiger partial charge in [0.2, 0.25) is 0 Å². The monoisotopic (exact) mass is 292 g/mol. The molecule has 0 fully saturated rings. The van der Waals surface area contributed by atoms with Crippen LogP contribution in [0.1, 0.15) is 5.69 Å². The molecule has 0 unspecified atom stereocenters. The maximum Gasteiger partial charge on any atom is 0.258 e. The van der Waals surface area contributed by atoms with E-state index in [-0.39, 0.29) is 11.4 Å². The van der Waals surface area contributed by atoms with Crippen molar-refractivity contribution >= 4 is 28.1 Å². The van der Waals surface area contributed by atoms with E-state index in [1.165, 1.54) is 45.7 Å². The Morgan fingerprint density at radius 2 is 2.11 bits per heavy atom. The number of aromatic nitrogens is 2. The second-order valence-electron chi connectivity index (χ2n) is 3.88. The van der Waals surface area contributed by atoms with E-state index in [1.807, 2.05) is 5.38 Å². The van der Waals surface area contributed by atoms with Crippen LogP contribution >= 0.6 is 23.1 Å². The molecule has 2 heterocycles. The summed E-state index contributed by atoms with van der Waals surface area (Å²) in [6, 6.07) is 7.82. The van der Waals surface area contributed by atoms with E-state index in [0.29, 0.717) is 10.7 Å². The van der Waals surface area contributed by atoms with E-state index in [9.17, 15) is 9.18 Å². The summed E-state index contributed by atoms with van der Waals surface area (Å²) >= 11 is 2.96. The Bertz CT molecular complexity index is 764. The number of fused-ring (bicyclic) bond motifs is 1. The molecular formula is C13H9FN2OS2. The molecule has 19 heavy (non-hydrogen) atoms. The zero-order chi connectivity index (χ0) is 13.2. The Kier molecular flexibility index (Phi) is 3.35. The molecule has 0 amide bonds. The van der Waals surface area contributed by atoms with Crippen LogP contribution in [-0.2, 0) is 5.75 Å². The minimum atomic E-state index is -0.249. The zero-order valence-electron chi connectivity index (χ0n) is 9.75. The lowest BCUT2D eigenvalue weighted by Gasteiger charge is -2.01. The lowest BCUT2D eigenvalue weighted by atomic mass is 10.4. The van der Waals surface area contributed by atoms with Gasteiger partial charge in [-0.3, -0.25) is 9.20 Å². The average molecular weight is 292 g/mol. The van der Waals surface area contributed by atoms with E-state index in [0.717, 1.165) is 10.6 Å². The van der Waals surface area contributed by atoms with Crippen LogP contribution in [0.5, 0.6) is 0 Å². The molecule has 0 spiro atoms. The second kappa shape index (κ2) is 5.14. The molecule has 0 saturated heterocycles. The molecule has 6 heteroatoms. The van der Waals surface area contributed by atoms with Crippen molar-refractivity contribution in [1.29, 1.82) is 0 Å². The number of halogens is 1. The summed E-state index contributed by atoms with van der Waals surface area (Å²) in [5, 5.41) is 1.83. The van der Waals surface area contributed by atoms with Crippen LogP contribution in [0.3, 0.4) is 0 Å². The summed E-state index contributed by atoms with van der Waals surface area (Å²) in [7, 11) is 0. The van der Waals surface area contributed by atoms with Crippen molar-refractivity contribution < 1.29 is 4.39 Å². The zero-order valence-corrected chi connectivity index (χ0v) is 11.4. The van der Waals surface area contributed by atoms with Crippen LogP contribution < -0.4 is 5.56 Å². The summed E-state index contributed by atoms with van der Waals surface area (Å²) in [6.45, 7) is 0. The predicted octanol–water partition coefficient (Wildman–Crippen LogP) is 3.19. The molecule has 3 nitrogen and oxygen atoms in total. The van der Waals surface area contributed by atoms with E-state index in [4.69, 9.17) is 0 Å². The van der Waals surface area contributed by atoms with Gasteiger partial charge in [0.25, 0.3) is 5.56 Å². The molecule has 2 aromatic heterocycles. The first-order valence-electron chi connectivity index (χ1n) is 5.56. The molecule has 0 N–H and O–H groups in total. The van der Waals surface area contributed by atoms with Crippen LogP contribution in [0.15, 0.2) is 51.6 Å². The molecule has 3 rings (SSSR count). The van der Waals surface area contributed by atoms with Crippen LogP contribution in [0.25, 0.3) is 4.96 Å². The number of hydrogen-bond acceptors (Lipinski definition) is 4. The molecule has 0 radical (unpaired) electrons. The fourth-order valence-corrected chi connectivity index (χ4v) is 3.18. The first-order chi connectivity index (χ1) is 9.22. The van der Waals surface area contributed by atoms with Gasteiger partial charge >= 0.3 is 0 Å². The van der Waals surface area contributed by atoms with E-state index in [2.05, 4.69) is 4.98 Å². The van der Waals surface area contributed by atoms with Crippen molar-refractivity contribution in [2.45, 2.75) is 10.6 Å². The van der Waals surface area contributed by atoms with Gasteiger partial charge in [-0.25, -0.2) is 9.37 Å². The lowest BCUT2D eigenvalue weighted by Crippen LogP contribution is -2.12. The van der Waals surface area contributed by atoms with Gasteiger partial charge in [-0.15, -0.1) is 23.1 Å². The van der Waals surface area contributed by atoms with Crippen molar-refractivity contribution in [3.63, 3.8) is 0 Å². The van der Waals surface area contributed by atoms with Crippen molar-refractivity contribution in [3.05, 3.63) is 63.8 Å². The fourth-order valence-electron chi connectivity index (χ4n) is 1.65. The molecule has 96 valence electrons. The third-order valence-corrected chi connectivity index (χ3v) is 4.36. The minimum Gasteiger partial charge on any atom is -0.269 e. The van der Waals surface area contributed by atoms with Crippen molar-refractivity contribution in [2.75, 3.05) is 0 Å². The Morgan fingerprint density at radius 3 is 2.89 bits per heavy atom. The van der Waals surface area contributed by atoms with Crippen molar-refractivity contribution in [1.82, 2.24) is 9.38 Å². The highest BCUT2D eigenvalue weighted by molar-refractivity contribution is 7.98. The number of rotatable bonds is 3. The minimum absolute atomic E-state index is 0.0686. The smallest absolute Gasteiger partial charge is 0.258 e. The summed E-state index contributed by atoms with van der Waals surface area (Å²) in [4.78, 5) is 17.9. The Morgan fingerprint density at radius 1 is 1.32 bits per heavy atom. The number of benzene rings is 1. The lowest BCUT2D eigenvalue weighted by molar-refractivity contribution is 0.626. The number of thioether (sulfide) groups is 1. The molecule has 0 aliphatic heterocycles. The standard InChI is InChI=1S/C13H9FN2OS2/c14-9-1-3-11(4-2-9)19-8-10-7-12(17)16-5-6-18-13(16)15-10/h1-7H,8H2. The van der Waals surface area contributed by atoms with Gasteiger partial charge in [0.15, 0.2) is 4.96 Å². The molecule has 0 bridgehead atoms. The predicted molar refractivity (Wildman–Crippen MR) is 75.3 cm³/mol. The molecule has 0 aliphatic carbocycles. The second-order valence-corrected chi connectivity index (χ2v) is 5.81. The van der Waals surface area contributed by atoms with Gasteiger partial charge in [-0.05, 0) is 24.3 Å². The quantitative estimate of drug-likeness (QED) is 0.695. The summed E-state index contributed by atoms with van der Waals surface area (Å²) < 4.78 is 14.3. The Balaban J connectivity index is 1.81. The van der Waals surface area contributed by atoms with Crippen LogP contribution in [0.4, 0.5) is 4.39 Å². The topological polar surface area (TPSA) is 34.4 Å². The highest BCUT2D eigenvalue weighted by atomic mass is 32.2. The van der Waals surface area contributed by atoms with E-state index < -0.39 is 0 Å². The third kappa shape index (κ3) is 2.69. The van der Waals surface area contributed by atoms with Gasteiger partial charge < -0.3 is 0 Å². The third-order valence-electron chi connectivity index (χ3n) is 2.56. The Hall–Kier alpha value is -1.66. The molecule has 0 aliphatic rings. The summed E-state index contributed by atoms with van der Waals surface area (Å²) in [5.74, 6) is 0.343. The highest BCUT2D eigenvalue weighted by Crippen LogP contribution is 2.22. The number of thiazole rings is 1. The Labute approximate surface area is 116 Å². The molecular weight excluding hydrogens is 283 g/mol. The molecule has 1 aromatic carbocycles. The van der Waals surface area contributed by atoms with Crippen molar-refractivity contribution in [2.24, 2.45) is 0 Å². The summed E-state index contributed by atoms with van der Waals surface area (Å²) in [5.41, 5.74) is 0.669. The highest BCUT2D eigenvalue weighted by Gasteiger charge is 2.04. The van der Waals surface area contributed by atoms with E-state index >= 15 is 0 Å².